The van der Waals surface area contributed by atoms with Gasteiger partial charge in [-0.2, -0.15) is 0 Å². The van der Waals surface area contributed by atoms with Crippen LogP contribution >= 0.6 is 11.3 Å². The highest BCUT2D eigenvalue weighted by molar-refractivity contribution is 7.89. The van der Waals surface area contributed by atoms with Crippen molar-refractivity contribution in [2.45, 2.75) is 11.4 Å². The summed E-state index contributed by atoms with van der Waals surface area (Å²) in [6, 6.07) is 3.66. The Labute approximate surface area is 125 Å². The minimum Gasteiger partial charge on any atom is -0.495 e. The van der Waals surface area contributed by atoms with Crippen LogP contribution in [0.25, 0.3) is 0 Å². The van der Waals surface area contributed by atoms with Crippen molar-refractivity contribution in [3.8, 4) is 5.75 Å². The molecule has 0 spiro atoms. The summed E-state index contributed by atoms with van der Waals surface area (Å²) < 4.78 is 31.9. The SMILES string of the molecule is COc1ccc(C(=O)O)cc1S(=O)(=O)NCc1cncs1. The number of benzene rings is 1. The van der Waals surface area contributed by atoms with Crippen molar-refractivity contribution in [1.29, 1.82) is 0 Å². The molecule has 1 aromatic carbocycles. The van der Waals surface area contributed by atoms with Crippen molar-refractivity contribution in [1.82, 2.24) is 9.71 Å². The number of carboxylic acids is 1. The van der Waals surface area contributed by atoms with Crippen LogP contribution in [0.3, 0.4) is 0 Å². The normalized spacial score (nSPS) is 11.3. The van der Waals surface area contributed by atoms with Crippen molar-refractivity contribution >= 4 is 27.3 Å². The highest BCUT2D eigenvalue weighted by Gasteiger charge is 2.21. The lowest BCUT2D eigenvalue weighted by Crippen LogP contribution is -2.23. The summed E-state index contributed by atoms with van der Waals surface area (Å²) in [5.74, 6) is -1.13. The van der Waals surface area contributed by atoms with E-state index in [0.29, 0.717) is 0 Å². The van der Waals surface area contributed by atoms with Gasteiger partial charge < -0.3 is 9.84 Å². The fraction of sp³-hybridized carbons (Fsp3) is 0.167. The van der Waals surface area contributed by atoms with E-state index in [9.17, 15) is 13.2 Å². The maximum absolute atomic E-state index is 12.3. The Hall–Kier alpha value is -1.97. The Morgan fingerprint density at radius 3 is 2.81 bits per heavy atom. The summed E-state index contributed by atoms with van der Waals surface area (Å²) in [6.45, 7) is 0.0768. The number of aromatic nitrogens is 1. The number of thiazole rings is 1. The van der Waals surface area contributed by atoms with E-state index in [1.807, 2.05) is 0 Å². The molecule has 2 rings (SSSR count). The van der Waals surface area contributed by atoms with Crippen molar-refractivity contribution in [2.75, 3.05) is 7.11 Å². The number of nitrogens with zero attached hydrogens (tertiary/aromatic N) is 1. The Morgan fingerprint density at radius 1 is 1.48 bits per heavy atom. The van der Waals surface area contributed by atoms with Gasteiger partial charge in [-0.05, 0) is 18.2 Å². The minimum atomic E-state index is -3.89. The van der Waals surface area contributed by atoms with Crippen molar-refractivity contribution < 1.29 is 23.1 Å². The number of hydrogen-bond donors (Lipinski definition) is 2. The molecule has 0 aliphatic rings. The first-order valence-electron chi connectivity index (χ1n) is 5.72. The number of sulfonamides is 1. The lowest BCUT2D eigenvalue weighted by atomic mass is 10.2. The molecule has 1 heterocycles. The standard InChI is InChI=1S/C12H12N2O5S2/c1-19-10-3-2-8(12(15)16)4-11(10)21(17,18)14-6-9-5-13-7-20-9/h2-5,7,14H,6H2,1H3,(H,15,16). The van der Waals surface area contributed by atoms with Crippen LogP contribution in [0.2, 0.25) is 0 Å². The van der Waals surface area contributed by atoms with Gasteiger partial charge in [0.1, 0.15) is 10.6 Å². The molecule has 0 saturated heterocycles. The molecule has 0 amide bonds. The monoisotopic (exact) mass is 328 g/mol. The highest BCUT2D eigenvalue weighted by atomic mass is 32.2. The Kier molecular flexibility index (Phi) is 4.56. The fourth-order valence-electron chi connectivity index (χ4n) is 1.59. The molecule has 0 radical (unpaired) electrons. The second-order valence-corrected chi connectivity index (χ2v) is 6.67. The smallest absolute Gasteiger partial charge is 0.335 e. The zero-order chi connectivity index (χ0) is 15.5. The Bertz CT molecular complexity index is 741. The number of methoxy groups -OCH3 is 1. The average molecular weight is 328 g/mol. The average Bonchev–Trinajstić information content (AvgIpc) is 2.98. The predicted octanol–water partition coefficient (Wildman–Crippen LogP) is 1.33. The van der Waals surface area contributed by atoms with E-state index in [-0.39, 0.29) is 22.8 Å². The Morgan fingerprint density at radius 2 is 2.24 bits per heavy atom. The molecule has 21 heavy (non-hydrogen) atoms. The van der Waals surface area contributed by atoms with Crippen molar-refractivity contribution in [3.63, 3.8) is 0 Å². The number of carboxylic acid groups (broad SMARTS) is 1. The van der Waals surface area contributed by atoms with E-state index in [2.05, 4.69) is 9.71 Å². The summed E-state index contributed by atoms with van der Waals surface area (Å²) >= 11 is 1.31. The van der Waals surface area contributed by atoms with E-state index < -0.39 is 16.0 Å². The van der Waals surface area contributed by atoms with Crippen LogP contribution in [-0.4, -0.2) is 31.6 Å². The van der Waals surface area contributed by atoms with E-state index in [1.54, 1.807) is 11.7 Å². The third-order valence-corrected chi connectivity index (χ3v) is 4.82. The van der Waals surface area contributed by atoms with Gasteiger partial charge in [-0.25, -0.2) is 17.9 Å². The van der Waals surface area contributed by atoms with Gasteiger partial charge in [-0.1, -0.05) is 0 Å². The number of aromatic carboxylic acids is 1. The van der Waals surface area contributed by atoms with Crippen LogP contribution in [0.1, 0.15) is 15.2 Å². The number of rotatable bonds is 6. The van der Waals surface area contributed by atoms with Gasteiger partial charge >= 0.3 is 5.97 Å². The summed E-state index contributed by atoms with van der Waals surface area (Å²) in [5, 5.41) is 8.96. The van der Waals surface area contributed by atoms with Crippen LogP contribution in [0.5, 0.6) is 5.75 Å². The molecule has 0 fully saturated rings. The summed E-state index contributed by atoms with van der Waals surface area (Å²) in [6.07, 6.45) is 1.55. The molecule has 0 bridgehead atoms. The number of hydrogen-bond acceptors (Lipinski definition) is 6. The largest absolute Gasteiger partial charge is 0.495 e. The van der Waals surface area contributed by atoms with Crippen molar-refractivity contribution in [2.24, 2.45) is 0 Å². The first kappa shape index (κ1) is 15.4. The molecule has 2 aromatic rings. The number of nitrogens with one attached hydrogen (secondary N) is 1. The van der Waals surface area contributed by atoms with Gasteiger partial charge in [-0.15, -0.1) is 11.3 Å². The van der Waals surface area contributed by atoms with Crippen molar-refractivity contribution in [3.05, 3.63) is 40.3 Å². The third kappa shape index (κ3) is 3.57. The molecule has 9 heteroatoms. The topological polar surface area (TPSA) is 106 Å². The molecule has 112 valence electrons. The van der Waals surface area contributed by atoms with E-state index in [1.165, 1.54) is 30.6 Å². The van der Waals surface area contributed by atoms with Gasteiger partial charge in [-0.3, -0.25) is 4.98 Å². The zero-order valence-electron chi connectivity index (χ0n) is 10.9. The zero-order valence-corrected chi connectivity index (χ0v) is 12.6. The molecule has 0 aliphatic heterocycles. The molecule has 1 aromatic heterocycles. The number of carbonyl (C=O) groups is 1. The molecule has 0 unspecified atom stereocenters. The molecule has 0 aliphatic carbocycles. The van der Waals surface area contributed by atoms with Crippen LogP contribution in [0.4, 0.5) is 0 Å². The first-order chi connectivity index (χ1) is 9.94. The highest BCUT2D eigenvalue weighted by Crippen LogP contribution is 2.25. The van der Waals surface area contributed by atoms with Gasteiger partial charge in [0.05, 0.1) is 18.2 Å². The second kappa shape index (κ2) is 6.20. The van der Waals surface area contributed by atoms with Crippen LogP contribution in [-0.2, 0) is 16.6 Å². The first-order valence-corrected chi connectivity index (χ1v) is 8.08. The maximum Gasteiger partial charge on any atom is 0.335 e. The molecular weight excluding hydrogens is 316 g/mol. The molecule has 2 N–H and O–H groups in total. The third-order valence-electron chi connectivity index (χ3n) is 2.62. The van der Waals surface area contributed by atoms with E-state index >= 15 is 0 Å². The summed E-state index contributed by atoms with van der Waals surface area (Å²) in [7, 11) is -2.58. The molecule has 0 atom stereocenters. The predicted molar refractivity (Wildman–Crippen MR) is 76.1 cm³/mol. The summed E-state index contributed by atoms with van der Waals surface area (Å²) in [5.41, 5.74) is 1.46. The van der Waals surface area contributed by atoms with Crippen LogP contribution < -0.4 is 9.46 Å². The fourth-order valence-corrected chi connectivity index (χ4v) is 3.42. The molecule has 0 saturated carbocycles. The van der Waals surface area contributed by atoms with Gasteiger partial charge in [0.25, 0.3) is 0 Å². The summed E-state index contributed by atoms with van der Waals surface area (Å²) in [4.78, 5) is 15.3. The minimum absolute atomic E-state index is 0.0768. The van der Waals surface area contributed by atoms with Gasteiger partial charge in [0, 0.05) is 17.6 Å². The van der Waals surface area contributed by atoms with E-state index in [4.69, 9.17) is 9.84 Å². The second-order valence-electron chi connectivity index (χ2n) is 3.96. The molecule has 7 nitrogen and oxygen atoms in total. The molecular formula is C12H12N2O5S2. The van der Waals surface area contributed by atoms with Crippen LogP contribution in [0, 0.1) is 0 Å². The Balaban J connectivity index is 2.33. The lowest BCUT2D eigenvalue weighted by molar-refractivity contribution is 0.0696. The van der Waals surface area contributed by atoms with Gasteiger partial charge in [0.2, 0.25) is 10.0 Å². The van der Waals surface area contributed by atoms with Crippen LogP contribution in [0.15, 0.2) is 34.8 Å². The lowest BCUT2D eigenvalue weighted by Gasteiger charge is -2.11. The van der Waals surface area contributed by atoms with E-state index in [0.717, 1.165) is 10.9 Å². The maximum atomic E-state index is 12.3. The quantitative estimate of drug-likeness (QED) is 0.828. The number of ether oxygens (including phenoxy) is 1. The van der Waals surface area contributed by atoms with Gasteiger partial charge in [0.15, 0.2) is 0 Å².